The minimum absolute atomic E-state index is 0.121. The molecule has 3 saturated heterocycles. The van der Waals surface area contributed by atoms with Crippen LogP contribution in [-0.4, -0.2) is 84.1 Å². The van der Waals surface area contributed by atoms with Crippen molar-refractivity contribution in [3.63, 3.8) is 0 Å². The van der Waals surface area contributed by atoms with E-state index < -0.39 is 0 Å². The van der Waals surface area contributed by atoms with Gasteiger partial charge in [0.25, 0.3) is 5.91 Å². The number of hydrogen-bond acceptors (Lipinski definition) is 7. The molecular weight excluding hydrogens is 452 g/mol. The topological polar surface area (TPSA) is 73.8 Å². The molecule has 1 atom stereocenters. The largest absolute Gasteiger partial charge is 0.497 e. The first-order valence-electron chi connectivity index (χ1n) is 13.7. The van der Waals surface area contributed by atoms with Crippen LogP contribution in [0.1, 0.15) is 61.7 Å². The summed E-state index contributed by atoms with van der Waals surface area (Å²) in [7, 11) is 1.64. The van der Waals surface area contributed by atoms with Crippen LogP contribution < -0.4 is 15.0 Å². The Labute approximate surface area is 215 Å². The van der Waals surface area contributed by atoms with Crippen molar-refractivity contribution in [1.29, 1.82) is 0 Å². The summed E-state index contributed by atoms with van der Waals surface area (Å²) in [6.45, 7) is 5.94. The Hall–Kier alpha value is -2.87. The lowest BCUT2D eigenvalue weighted by Gasteiger charge is -2.42. The van der Waals surface area contributed by atoms with E-state index in [4.69, 9.17) is 9.72 Å². The van der Waals surface area contributed by atoms with Gasteiger partial charge in [-0.3, -0.25) is 9.69 Å². The number of benzene rings is 1. The van der Waals surface area contributed by atoms with Crippen LogP contribution >= 0.6 is 0 Å². The number of piperidine rings is 2. The zero-order valence-corrected chi connectivity index (χ0v) is 21.6. The molecule has 1 amide bonds. The van der Waals surface area contributed by atoms with Gasteiger partial charge in [0, 0.05) is 56.6 Å². The lowest BCUT2D eigenvalue weighted by Crippen LogP contribution is -2.51. The van der Waals surface area contributed by atoms with E-state index >= 15 is 0 Å². The molecule has 5 rings (SSSR count). The summed E-state index contributed by atoms with van der Waals surface area (Å²) < 4.78 is 5.21. The molecule has 1 aromatic carbocycles. The Morgan fingerprint density at radius 1 is 0.917 bits per heavy atom. The van der Waals surface area contributed by atoms with Gasteiger partial charge in [0.2, 0.25) is 5.95 Å². The van der Waals surface area contributed by atoms with E-state index in [1.54, 1.807) is 7.11 Å². The second-order valence-corrected chi connectivity index (χ2v) is 10.4. The molecule has 3 fully saturated rings. The van der Waals surface area contributed by atoms with Gasteiger partial charge in [0.05, 0.1) is 7.11 Å². The van der Waals surface area contributed by atoms with Crippen molar-refractivity contribution in [2.24, 2.45) is 0 Å². The van der Waals surface area contributed by atoms with E-state index in [-0.39, 0.29) is 5.91 Å². The van der Waals surface area contributed by atoms with E-state index in [0.717, 1.165) is 81.6 Å². The van der Waals surface area contributed by atoms with Crippen LogP contribution in [0.2, 0.25) is 0 Å². The minimum atomic E-state index is 0.121. The van der Waals surface area contributed by atoms with E-state index in [9.17, 15) is 4.79 Å². The van der Waals surface area contributed by atoms with Gasteiger partial charge in [0.15, 0.2) is 0 Å². The standard InChI is InChI=1S/C28H40N6O2/c1-36-25-10-8-22(9-11-25)27(35)33-19-13-24(14-20-33)34-18-6-7-23(21-34)30-28-29-15-12-26(31-28)32-16-4-2-3-5-17-32/h8-12,15,23-24H,2-7,13-14,16-21H2,1H3,(H,29,30,31). The van der Waals surface area contributed by atoms with Gasteiger partial charge < -0.3 is 19.9 Å². The first-order chi connectivity index (χ1) is 17.7. The number of amides is 1. The van der Waals surface area contributed by atoms with E-state index in [1.807, 2.05) is 41.4 Å². The second kappa shape index (κ2) is 11.9. The SMILES string of the molecule is COc1ccc(C(=O)N2CCC(N3CCCC(Nc4nccc(N5CCCCCC5)n4)C3)CC2)cc1. The molecule has 0 aliphatic carbocycles. The van der Waals surface area contributed by atoms with E-state index in [2.05, 4.69) is 20.1 Å². The number of nitrogens with one attached hydrogen (secondary N) is 1. The summed E-state index contributed by atoms with van der Waals surface area (Å²) in [6, 6.07) is 10.4. The summed E-state index contributed by atoms with van der Waals surface area (Å²) in [5.41, 5.74) is 0.735. The normalized spacial score (nSPS) is 22.2. The summed E-state index contributed by atoms with van der Waals surface area (Å²) >= 11 is 0. The third-order valence-corrected chi connectivity index (χ3v) is 7.96. The van der Waals surface area contributed by atoms with Gasteiger partial charge in [-0.25, -0.2) is 4.98 Å². The summed E-state index contributed by atoms with van der Waals surface area (Å²) in [5, 5.41) is 3.64. The van der Waals surface area contributed by atoms with Crippen LogP contribution in [0.5, 0.6) is 5.75 Å². The van der Waals surface area contributed by atoms with E-state index in [1.165, 1.54) is 32.1 Å². The fourth-order valence-corrected chi connectivity index (χ4v) is 5.88. The van der Waals surface area contributed by atoms with Gasteiger partial charge >= 0.3 is 0 Å². The number of carbonyl (C=O) groups is 1. The predicted octanol–water partition coefficient (Wildman–Crippen LogP) is 4.05. The van der Waals surface area contributed by atoms with Crippen molar-refractivity contribution in [3.05, 3.63) is 42.1 Å². The molecule has 0 spiro atoms. The highest BCUT2D eigenvalue weighted by Gasteiger charge is 2.31. The maximum Gasteiger partial charge on any atom is 0.253 e. The van der Waals surface area contributed by atoms with Crippen LogP contribution in [0.4, 0.5) is 11.8 Å². The fourth-order valence-electron chi connectivity index (χ4n) is 5.88. The molecule has 1 N–H and O–H groups in total. The van der Waals surface area contributed by atoms with Crippen molar-refractivity contribution < 1.29 is 9.53 Å². The molecule has 194 valence electrons. The second-order valence-electron chi connectivity index (χ2n) is 10.4. The molecule has 0 saturated carbocycles. The molecule has 2 aromatic rings. The Balaban J connectivity index is 1.13. The Bertz CT molecular complexity index is 984. The molecule has 0 bridgehead atoms. The third-order valence-electron chi connectivity index (χ3n) is 7.96. The summed E-state index contributed by atoms with van der Waals surface area (Å²) in [6.07, 6.45) is 11.4. The van der Waals surface area contributed by atoms with Crippen LogP contribution in [0.3, 0.4) is 0 Å². The van der Waals surface area contributed by atoms with Crippen molar-refractivity contribution in [1.82, 2.24) is 19.8 Å². The summed E-state index contributed by atoms with van der Waals surface area (Å²) in [4.78, 5) is 29.4. The number of anilines is 2. The van der Waals surface area contributed by atoms with Gasteiger partial charge in [-0.2, -0.15) is 4.98 Å². The zero-order chi connectivity index (χ0) is 24.7. The first-order valence-corrected chi connectivity index (χ1v) is 13.7. The zero-order valence-electron chi connectivity index (χ0n) is 21.6. The van der Waals surface area contributed by atoms with Crippen molar-refractivity contribution in [2.75, 3.05) is 56.6 Å². The molecule has 36 heavy (non-hydrogen) atoms. The van der Waals surface area contributed by atoms with Crippen LogP contribution in [0.15, 0.2) is 36.5 Å². The summed E-state index contributed by atoms with van der Waals surface area (Å²) in [5.74, 6) is 2.70. The van der Waals surface area contributed by atoms with Crippen molar-refractivity contribution in [3.8, 4) is 5.75 Å². The highest BCUT2D eigenvalue weighted by molar-refractivity contribution is 5.94. The molecule has 3 aliphatic rings. The molecule has 0 radical (unpaired) electrons. The Kier molecular flexibility index (Phi) is 8.21. The number of likely N-dealkylation sites (tertiary alicyclic amines) is 2. The number of methoxy groups -OCH3 is 1. The van der Waals surface area contributed by atoms with Crippen molar-refractivity contribution >= 4 is 17.7 Å². The average molecular weight is 493 g/mol. The minimum Gasteiger partial charge on any atom is -0.497 e. The average Bonchev–Trinajstić information content (AvgIpc) is 3.23. The number of hydrogen-bond donors (Lipinski definition) is 1. The van der Waals surface area contributed by atoms with Gasteiger partial charge in [0.1, 0.15) is 11.6 Å². The lowest BCUT2D eigenvalue weighted by atomic mass is 9.97. The third kappa shape index (κ3) is 6.09. The maximum atomic E-state index is 12.9. The first kappa shape index (κ1) is 24.8. The number of nitrogens with zero attached hydrogens (tertiary/aromatic N) is 5. The van der Waals surface area contributed by atoms with Gasteiger partial charge in [-0.15, -0.1) is 0 Å². The molecule has 1 unspecified atom stereocenters. The molecular formula is C28H40N6O2. The number of aromatic nitrogens is 2. The van der Waals surface area contributed by atoms with E-state index in [0.29, 0.717) is 12.1 Å². The molecule has 4 heterocycles. The monoisotopic (exact) mass is 492 g/mol. The molecule has 3 aliphatic heterocycles. The van der Waals surface area contributed by atoms with Crippen LogP contribution in [-0.2, 0) is 0 Å². The molecule has 8 nitrogen and oxygen atoms in total. The smallest absolute Gasteiger partial charge is 0.253 e. The number of ether oxygens (including phenoxy) is 1. The highest BCUT2D eigenvalue weighted by Crippen LogP contribution is 2.24. The predicted molar refractivity (Wildman–Crippen MR) is 143 cm³/mol. The molecule has 1 aromatic heterocycles. The van der Waals surface area contributed by atoms with Crippen molar-refractivity contribution in [2.45, 2.75) is 63.5 Å². The lowest BCUT2D eigenvalue weighted by molar-refractivity contribution is 0.0580. The quantitative estimate of drug-likeness (QED) is 0.652. The molecule has 8 heteroatoms. The highest BCUT2D eigenvalue weighted by atomic mass is 16.5. The Morgan fingerprint density at radius 3 is 2.39 bits per heavy atom. The van der Waals surface area contributed by atoms with Gasteiger partial charge in [-0.1, -0.05) is 12.8 Å². The number of rotatable bonds is 6. The Morgan fingerprint density at radius 2 is 1.67 bits per heavy atom. The number of carbonyl (C=O) groups excluding carboxylic acids is 1. The maximum absolute atomic E-state index is 12.9. The van der Waals surface area contributed by atoms with Gasteiger partial charge in [-0.05, 0) is 75.4 Å². The fraction of sp³-hybridized carbons (Fsp3) is 0.607. The van der Waals surface area contributed by atoms with Crippen LogP contribution in [0.25, 0.3) is 0 Å². The van der Waals surface area contributed by atoms with Crippen LogP contribution in [0, 0.1) is 0 Å².